The molecule has 1 atom stereocenters. The highest BCUT2D eigenvalue weighted by atomic mass is 19.2. The molecule has 10 heteroatoms. The first-order valence-corrected chi connectivity index (χ1v) is 7.62. The predicted molar refractivity (Wildman–Crippen MR) is 86.7 cm³/mol. The van der Waals surface area contributed by atoms with Gasteiger partial charge in [-0.05, 0) is 24.6 Å². The SMILES string of the molecule is COc1cc2nn(CC(=O)N[C@@H](C)c3ccc(F)c(F)c3)c(=O)n2cn1. The number of nitrogens with zero attached hydrogens (tertiary/aromatic N) is 4. The van der Waals surface area contributed by atoms with Gasteiger partial charge in [0.15, 0.2) is 17.3 Å². The summed E-state index contributed by atoms with van der Waals surface area (Å²) in [5, 5.41) is 6.65. The molecule has 26 heavy (non-hydrogen) atoms. The highest BCUT2D eigenvalue weighted by Gasteiger charge is 2.15. The lowest BCUT2D eigenvalue weighted by molar-refractivity contribution is -0.122. The van der Waals surface area contributed by atoms with Crippen molar-refractivity contribution in [1.82, 2.24) is 24.5 Å². The van der Waals surface area contributed by atoms with E-state index >= 15 is 0 Å². The van der Waals surface area contributed by atoms with Crippen molar-refractivity contribution in [3.05, 3.63) is 58.3 Å². The molecule has 8 nitrogen and oxygen atoms in total. The van der Waals surface area contributed by atoms with Crippen molar-refractivity contribution in [2.24, 2.45) is 0 Å². The Bertz CT molecular complexity index is 1030. The van der Waals surface area contributed by atoms with Crippen molar-refractivity contribution in [2.45, 2.75) is 19.5 Å². The summed E-state index contributed by atoms with van der Waals surface area (Å²) in [5.74, 6) is -2.19. The lowest BCUT2D eigenvalue weighted by Crippen LogP contribution is -2.34. The van der Waals surface area contributed by atoms with Crippen LogP contribution in [0.15, 0.2) is 35.4 Å². The van der Waals surface area contributed by atoms with Gasteiger partial charge in [0.1, 0.15) is 12.9 Å². The Kier molecular flexibility index (Phi) is 4.65. The maximum Gasteiger partial charge on any atom is 0.352 e. The normalized spacial score (nSPS) is 12.2. The molecule has 0 aliphatic rings. The van der Waals surface area contributed by atoms with Gasteiger partial charge in [0.25, 0.3) is 0 Å². The number of halogens is 2. The number of carbonyl (C=O) groups excluding carboxylic acids is 1. The maximum absolute atomic E-state index is 13.3. The second kappa shape index (κ2) is 6.90. The van der Waals surface area contributed by atoms with Gasteiger partial charge in [-0.2, -0.15) is 0 Å². The van der Waals surface area contributed by atoms with E-state index in [1.165, 1.54) is 30.0 Å². The Labute approximate surface area is 146 Å². The first-order chi connectivity index (χ1) is 12.4. The van der Waals surface area contributed by atoms with E-state index in [2.05, 4.69) is 15.4 Å². The quantitative estimate of drug-likeness (QED) is 0.732. The molecule has 0 saturated heterocycles. The number of ether oxygens (including phenoxy) is 1. The molecule has 0 saturated carbocycles. The van der Waals surface area contributed by atoms with Crippen molar-refractivity contribution in [2.75, 3.05) is 7.11 Å². The topological polar surface area (TPSA) is 90.5 Å². The molecule has 0 aliphatic heterocycles. The molecule has 3 aromatic rings. The summed E-state index contributed by atoms with van der Waals surface area (Å²) < 4.78 is 33.4. The lowest BCUT2D eigenvalue weighted by atomic mass is 10.1. The van der Waals surface area contributed by atoms with Crippen LogP contribution in [0.3, 0.4) is 0 Å². The molecule has 1 amide bonds. The van der Waals surface area contributed by atoms with Gasteiger partial charge in [-0.1, -0.05) is 6.07 Å². The van der Waals surface area contributed by atoms with Crippen molar-refractivity contribution in [3.8, 4) is 5.88 Å². The Morgan fingerprint density at radius 2 is 2.08 bits per heavy atom. The van der Waals surface area contributed by atoms with Gasteiger partial charge in [-0.25, -0.2) is 27.6 Å². The van der Waals surface area contributed by atoms with Crippen LogP contribution >= 0.6 is 0 Å². The predicted octanol–water partition coefficient (Wildman–Crippen LogP) is 1.06. The van der Waals surface area contributed by atoms with Gasteiger partial charge < -0.3 is 10.1 Å². The Morgan fingerprint density at radius 1 is 1.31 bits per heavy atom. The summed E-state index contributed by atoms with van der Waals surface area (Å²) in [5.41, 5.74) is 0.141. The number of benzene rings is 1. The molecule has 0 unspecified atom stereocenters. The Morgan fingerprint density at radius 3 is 2.77 bits per heavy atom. The van der Waals surface area contributed by atoms with Crippen LogP contribution < -0.4 is 15.7 Å². The summed E-state index contributed by atoms with van der Waals surface area (Å²) in [6, 6.07) is 4.25. The van der Waals surface area contributed by atoms with E-state index in [4.69, 9.17) is 4.74 Å². The number of carbonyl (C=O) groups is 1. The van der Waals surface area contributed by atoms with Crippen molar-refractivity contribution in [3.63, 3.8) is 0 Å². The van der Waals surface area contributed by atoms with Crippen molar-refractivity contribution >= 4 is 11.6 Å². The van der Waals surface area contributed by atoms with E-state index in [0.717, 1.165) is 16.8 Å². The van der Waals surface area contributed by atoms with Crippen LogP contribution in [0.2, 0.25) is 0 Å². The molecule has 136 valence electrons. The molecule has 0 fully saturated rings. The molecular formula is C16H15F2N5O3. The van der Waals surface area contributed by atoms with Crippen LogP contribution in [0.4, 0.5) is 8.78 Å². The average molecular weight is 363 g/mol. The zero-order valence-corrected chi connectivity index (χ0v) is 13.9. The second-order valence-electron chi connectivity index (χ2n) is 5.56. The molecular weight excluding hydrogens is 348 g/mol. The molecule has 0 bridgehead atoms. The van der Waals surface area contributed by atoms with Crippen LogP contribution in [0.5, 0.6) is 5.88 Å². The molecule has 0 aliphatic carbocycles. The van der Waals surface area contributed by atoms with Crippen LogP contribution in [0.25, 0.3) is 5.65 Å². The molecule has 0 spiro atoms. The molecule has 1 aromatic carbocycles. The van der Waals surface area contributed by atoms with Crippen molar-refractivity contribution in [1.29, 1.82) is 0 Å². The molecule has 0 radical (unpaired) electrons. The minimum Gasteiger partial charge on any atom is -0.481 e. The van der Waals surface area contributed by atoms with E-state index in [1.54, 1.807) is 6.92 Å². The van der Waals surface area contributed by atoms with Crippen LogP contribution in [0.1, 0.15) is 18.5 Å². The zero-order valence-electron chi connectivity index (χ0n) is 13.9. The molecule has 2 heterocycles. The summed E-state index contributed by atoms with van der Waals surface area (Å²) >= 11 is 0. The largest absolute Gasteiger partial charge is 0.481 e. The summed E-state index contributed by atoms with van der Waals surface area (Å²) in [4.78, 5) is 28.3. The second-order valence-corrected chi connectivity index (χ2v) is 5.56. The highest BCUT2D eigenvalue weighted by Crippen LogP contribution is 2.15. The number of hydrogen-bond acceptors (Lipinski definition) is 5. The van der Waals surface area contributed by atoms with Crippen molar-refractivity contribution < 1.29 is 18.3 Å². The third kappa shape index (κ3) is 3.39. The van der Waals surface area contributed by atoms with E-state index in [-0.39, 0.29) is 18.1 Å². The number of fused-ring (bicyclic) bond motifs is 1. The van der Waals surface area contributed by atoms with E-state index in [0.29, 0.717) is 5.56 Å². The highest BCUT2D eigenvalue weighted by molar-refractivity contribution is 5.76. The fourth-order valence-electron chi connectivity index (χ4n) is 2.41. The van der Waals surface area contributed by atoms with Crippen LogP contribution in [-0.2, 0) is 11.3 Å². The van der Waals surface area contributed by atoms with E-state index < -0.39 is 29.3 Å². The number of aromatic nitrogens is 4. The fourth-order valence-corrected chi connectivity index (χ4v) is 2.41. The number of hydrogen-bond donors (Lipinski definition) is 1. The number of rotatable bonds is 5. The third-order valence-corrected chi connectivity index (χ3v) is 3.77. The fraction of sp³-hybridized carbons (Fsp3) is 0.250. The van der Waals surface area contributed by atoms with Gasteiger partial charge in [0, 0.05) is 6.07 Å². The minimum absolute atomic E-state index is 0.281. The first-order valence-electron chi connectivity index (χ1n) is 7.62. The monoisotopic (exact) mass is 363 g/mol. The maximum atomic E-state index is 13.3. The molecule has 1 N–H and O–H groups in total. The number of amides is 1. The van der Waals surface area contributed by atoms with E-state index in [1.807, 2.05) is 0 Å². The Hall–Kier alpha value is -3.30. The third-order valence-electron chi connectivity index (χ3n) is 3.77. The Balaban J connectivity index is 1.75. The number of nitrogens with one attached hydrogen (secondary N) is 1. The summed E-state index contributed by atoms with van der Waals surface area (Å²) in [6.45, 7) is 1.28. The van der Waals surface area contributed by atoms with Gasteiger partial charge in [0.2, 0.25) is 11.8 Å². The van der Waals surface area contributed by atoms with Crippen LogP contribution in [-0.4, -0.2) is 32.2 Å². The van der Waals surface area contributed by atoms with Crippen LogP contribution in [0, 0.1) is 11.6 Å². The van der Waals surface area contributed by atoms with E-state index in [9.17, 15) is 18.4 Å². The van der Waals surface area contributed by atoms with Gasteiger partial charge in [0.05, 0.1) is 13.2 Å². The first kappa shape index (κ1) is 17.5. The number of methoxy groups -OCH3 is 1. The average Bonchev–Trinajstić information content (AvgIpc) is 2.92. The zero-order chi connectivity index (χ0) is 18.8. The lowest BCUT2D eigenvalue weighted by Gasteiger charge is -2.14. The molecule has 2 aromatic heterocycles. The summed E-state index contributed by atoms with van der Waals surface area (Å²) in [7, 11) is 1.43. The van der Waals surface area contributed by atoms with Gasteiger partial charge in [-0.3, -0.25) is 4.79 Å². The summed E-state index contributed by atoms with van der Waals surface area (Å²) in [6.07, 6.45) is 1.25. The molecule has 3 rings (SSSR count). The standard InChI is InChI=1S/C16H15F2N5O3/c1-9(10-3-4-11(17)12(18)5-10)20-14(24)7-23-16(25)22-8-19-15(26-2)6-13(22)21-23/h3-6,8-9H,7H2,1-2H3,(H,20,24)/t9-/m0/s1. The minimum atomic E-state index is -0.999. The smallest absolute Gasteiger partial charge is 0.352 e. The van der Waals surface area contributed by atoms with Gasteiger partial charge >= 0.3 is 5.69 Å². The van der Waals surface area contributed by atoms with Gasteiger partial charge in [-0.15, -0.1) is 5.10 Å².